The van der Waals surface area contributed by atoms with Gasteiger partial charge in [-0.1, -0.05) is 24.3 Å². The van der Waals surface area contributed by atoms with Gasteiger partial charge in [0.05, 0.1) is 0 Å². The molecule has 0 bridgehead atoms. The third-order valence-electron chi connectivity index (χ3n) is 3.60. The number of rotatable bonds is 6. The largest absolute Gasteiger partial charge is 0.484 e. The molecular weight excluding hydrogens is 320 g/mol. The van der Waals surface area contributed by atoms with E-state index in [0.29, 0.717) is 11.5 Å². The number of carbonyl (C=O) groups is 2. The van der Waals surface area contributed by atoms with E-state index in [-0.39, 0.29) is 6.61 Å². The summed E-state index contributed by atoms with van der Waals surface area (Å²) in [5.74, 6) is 0.266. The van der Waals surface area contributed by atoms with Gasteiger partial charge in [-0.25, -0.2) is 0 Å². The minimum Gasteiger partial charge on any atom is -0.484 e. The van der Waals surface area contributed by atoms with E-state index in [1.807, 2.05) is 44.2 Å². The number of nitrogens with one attached hydrogen (secondary N) is 2. The van der Waals surface area contributed by atoms with Crippen LogP contribution in [0.15, 0.2) is 48.5 Å². The Morgan fingerprint density at radius 3 is 2.36 bits per heavy atom. The van der Waals surface area contributed by atoms with Crippen molar-refractivity contribution in [3.63, 3.8) is 0 Å². The van der Waals surface area contributed by atoms with Crippen molar-refractivity contribution in [2.75, 3.05) is 6.61 Å². The number of hydrogen-bond acceptors (Lipinski definition) is 4. The molecule has 0 saturated carbocycles. The number of hydrazine groups is 1. The Morgan fingerprint density at radius 1 is 0.960 bits per heavy atom. The van der Waals surface area contributed by atoms with Gasteiger partial charge in [0.25, 0.3) is 11.8 Å². The van der Waals surface area contributed by atoms with Crippen LogP contribution in [0.3, 0.4) is 0 Å². The van der Waals surface area contributed by atoms with Crippen molar-refractivity contribution in [1.29, 1.82) is 0 Å². The molecule has 2 aromatic rings. The van der Waals surface area contributed by atoms with E-state index in [1.54, 1.807) is 25.1 Å². The van der Waals surface area contributed by atoms with Gasteiger partial charge in [0.15, 0.2) is 12.7 Å². The molecule has 1 atom stereocenters. The van der Waals surface area contributed by atoms with Crippen molar-refractivity contribution in [2.45, 2.75) is 26.9 Å². The summed E-state index contributed by atoms with van der Waals surface area (Å²) >= 11 is 0. The molecule has 0 heterocycles. The first-order valence-electron chi connectivity index (χ1n) is 7.96. The lowest BCUT2D eigenvalue weighted by atomic mass is 10.1. The van der Waals surface area contributed by atoms with E-state index < -0.39 is 17.9 Å². The topological polar surface area (TPSA) is 76.7 Å². The normalized spacial score (nSPS) is 11.3. The van der Waals surface area contributed by atoms with Gasteiger partial charge in [-0.15, -0.1) is 0 Å². The lowest BCUT2D eigenvalue weighted by Gasteiger charge is -2.15. The number of benzene rings is 2. The van der Waals surface area contributed by atoms with Gasteiger partial charge >= 0.3 is 0 Å². The fourth-order valence-corrected chi connectivity index (χ4v) is 1.98. The molecule has 25 heavy (non-hydrogen) atoms. The summed E-state index contributed by atoms with van der Waals surface area (Å²) < 4.78 is 10.9. The van der Waals surface area contributed by atoms with Gasteiger partial charge in [0, 0.05) is 0 Å². The van der Waals surface area contributed by atoms with Crippen LogP contribution in [0.5, 0.6) is 11.5 Å². The summed E-state index contributed by atoms with van der Waals surface area (Å²) in [6.07, 6.45) is -0.747. The van der Waals surface area contributed by atoms with Crippen LogP contribution in [0.25, 0.3) is 0 Å². The highest BCUT2D eigenvalue weighted by molar-refractivity contribution is 5.85. The average Bonchev–Trinajstić information content (AvgIpc) is 2.61. The zero-order valence-corrected chi connectivity index (χ0v) is 14.5. The van der Waals surface area contributed by atoms with Gasteiger partial charge in [0.2, 0.25) is 0 Å². The lowest BCUT2D eigenvalue weighted by Crippen LogP contribution is -2.48. The second kappa shape index (κ2) is 8.73. The van der Waals surface area contributed by atoms with E-state index in [2.05, 4.69) is 10.9 Å². The van der Waals surface area contributed by atoms with Gasteiger partial charge in [-0.05, 0) is 56.2 Å². The van der Waals surface area contributed by atoms with Crippen LogP contribution < -0.4 is 20.3 Å². The Kier molecular flexibility index (Phi) is 6.39. The maximum absolute atomic E-state index is 11.9. The standard InChI is InChI=1S/C19H22N2O4/c1-13-9-10-17(11-14(13)2)24-12-18(22)20-21-19(23)15(3)25-16-7-5-4-6-8-16/h4-11,15H,12H2,1-3H3,(H,20,22)(H,21,23). The first-order valence-corrected chi connectivity index (χ1v) is 7.96. The van der Waals surface area contributed by atoms with Crippen molar-refractivity contribution < 1.29 is 19.1 Å². The number of amides is 2. The molecule has 0 aliphatic heterocycles. The van der Waals surface area contributed by atoms with E-state index in [0.717, 1.165) is 11.1 Å². The molecule has 0 aromatic heterocycles. The summed E-state index contributed by atoms with van der Waals surface area (Å²) in [5, 5.41) is 0. The Labute approximate surface area is 147 Å². The SMILES string of the molecule is Cc1ccc(OCC(=O)NNC(=O)C(C)Oc2ccccc2)cc1C. The molecule has 132 valence electrons. The molecule has 2 amide bonds. The van der Waals surface area contributed by atoms with Gasteiger partial charge in [-0.2, -0.15) is 0 Å². The molecule has 0 radical (unpaired) electrons. The summed E-state index contributed by atoms with van der Waals surface area (Å²) in [6.45, 7) is 5.37. The molecule has 2 aromatic carbocycles. The minimum absolute atomic E-state index is 0.198. The van der Waals surface area contributed by atoms with Crippen molar-refractivity contribution in [1.82, 2.24) is 10.9 Å². The Balaban J connectivity index is 1.73. The molecule has 2 N–H and O–H groups in total. The van der Waals surface area contributed by atoms with E-state index >= 15 is 0 Å². The highest BCUT2D eigenvalue weighted by Gasteiger charge is 2.15. The fourth-order valence-electron chi connectivity index (χ4n) is 1.98. The molecule has 0 fully saturated rings. The zero-order valence-electron chi connectivity index (χ0n) is 14.5. The molecular formula is C19H22N2O4. The van der Waals surface area contributed by atoms with Gasteiger partial charge in [-0.3, -0.25) is 20.4 Å². The van der Waals surface area contributed by atoms with Crippen molar-refractivity contribution in [3.05, 3.63) is 59.7 Å². The Hall–Kier alpha value is -3.02. The molecule has 6 heteroatoms. The van der Waals surface area contributed by atoms with Crippen LogP contribution in [0.4, 0.5) is 0 Å². The number of aryl methyl sites for hydroxylation is 2. The summed E-state index contributed by atoms with van der Waals surface area (Å²) in [5.41, 5.74) is 6.85. The highest BCUT2D eigenvalue weighted by Crippen LogP contribution is 2.16. The third-order valence-corrected chi connectivity index (χ3v) is 3.60. The molecule has 1 unspecified atom stereocenters. The first kappa shape index (κ1) is 18.3. The maximum atomic E-state index is 11.9. The van der Waals surface area contributed by atoms with Crippen LogP contribution >= 0.6 is 0 Å². The monoisotopic (exact) mass is 342 g/mol. The Bertz CT molecular complexity index is 731. The molecule has 0 aliphatic carbocycles. The lowest BCUT2D eigenvalue weighted by molar-refractivity contribution is -0.133. The molecule has 0 saturated heterocycles. The van der Waals surface area contributed by atoms with Crippen LogP contribution in [0, 0.1) is 13.8 Å². The second-order valence-corrected chi connectivity index (χ2v) is 5.65. The van der Waals surface area contributed by atoms with Gasteiger partial charge < -0.3 is 9.47 Å². The number of hydrogen-bond donors (Lipinski definition) is 2. The smallest absolute Gasteiger partial charge is 0.279 e. The summed E-state index contributed by atoms with van der Waals surface area (Å²) in [6, 6.07) is 14.6. The predicted octanol–water partition coefficient (Wildman–Crippen LogP) is 2.30. The molecule has 2 rings (SSSR count). The third kappa shape index (κ3) is 5.84. The fraction of sp³-hybridized carbons (Fsp3) is 0.263. The summed E-state index contributed by atoms with van der Waals surface area (Å²) in [7, 11) is 0. The van der Waals surface area contributed by atoms with Crippen LogP contribution in [-0.2, 0) is 9.59 Å². The van der Waals surface area contributed by atoms with Crippen LogP contribution in [0.2, 0.25) is 0 Å². The second-order valence-electron chi connectivity index (χ2n) is 5.65. The van der Waals surface area contributed by atoms with Crippen molar-refractivity contribution in [3.8, 4) is 11.5 Å². The average molecular weight is 342 g/mol. The van der Waals surface area contributed by atoms with E-state index in [4.69, 9.17) is 9.47 Å². The maximum Gasteiger partial charge on any atom is 0.279 e. The van der Waals surface area contributed by atoms with Crippen LogP contribution in [-0.4, -0.2) is 24.5 Å². The molecule has 0 aliphatic rings. The highest BCUT2D eigenvalue weighted by atomic mass is 16.5. The summed E-state index contributed by atoms with van der Waals surface area (Å²) in [4.78, 5) is 23.7. The zero-order chi connectivity index (χ0) is 18.2. The predicted molar refractivity (Wildman–Crippen MR) is 94.2 cm³/mol. The van der Waals surface area contributed by atoms with E-state index in [1.165, 1.54) is 0 Å². The van der Waals surface area contributed by atoms with Crippen molar-refractivity contribution in [2.24, 2.45) is 0 Å². The van der Waals surface area contributed by atoms with Crippen molar-refractivity contribution >= 4 is 11.8 Å². The van der Waals surface area contributed by atoms with Crippen LogP contribution in [0.1, 0.15) is 18.1 Å². The quantitative estimate of drug-likeness (QED) is 0.790. The van der Waals surface area contributed by atoms with Gasteiger partial charge in [0.1, 0.15) is 11.5 Å². The van der Waals surface area contributed by atoms with E-state index in [9.17, 15) is 9.59 Å². The molecule has 6 nitrogen and oxygen atoms in total. The number of para-hydroxylation sites is 1. The Morgan fingerprint density at radius 2 is 1.68 bits per heavy atom. The number of carbonyl (C=O) groups excluding carboxylic acids is 2. The molecule has 0 spiro atoms. The number of ether oxygens (including phenoxy) is 2. The first-order chi connectivity index (χ1) is 12.0. The minimum atomic E-state index is -0.747.